The smallest absolute Gasteiger partial charge is 0.203 e. The van der Waals surface area contributed by atoms with E-state index in [9.17, 15) is 5.11 Å². The van der Waals surface area contributed by atoms with Crippen molar-refractivity contribution in [3.63, 3.8) is 0 Å². The second kappa shape index (κ2) is 9.21. The number of aromatic nitrogens is 2. The summed E-state index contributed by atoms with van der Waals surface area (Å²) in [6.07, 6.45) is -0.680. The van der Waals surface area contributed by atoms with Crippen LogP contribution < -0.4 is 5.62 Å². The molecule has 1 heterocycles. The Labute approximate surface area is 196 Å². The molecule has 0 spiro atoms. The third kappa shape index (κ3) is 4.61. The maximum Gasteiger partial charge on any atom is 0.203 e. The molecule has 29 heavy (non-hydrogen) atoms. The van der Waals surface area contributed by atoms with E-state index >= 15 is 0 Å². The van der Waals surface area contributed by atoms with Gasteiger partial charge in [-0.05, 0) is 24.6 Å². The van der Waals surface area contributed by atoms with E-state index in [1.165, 1.54) is 5.56 Å². The van der Waals surface area contributed by atoms with Crippen molar-refractivity contribution < 1.29 is 37.8 Å². The van der Waals surface area contributed by atoms with Crippen molar-refractivity contribution in [2.75, 3.05) is 0 Å². The van der Waals surface area contributed by atoms with E-state index in [0.717, 1.165) is 27.7 Å². The molecular weight excluding hydrogens is 435 g/mol. The average Bonchev–Trinajstić information content (AvgIpc) is 2.95. The van der Waals surface area contributed by atoms with E-state index in [0.29, 0.717) is 18.7 Å². The minimum Gasteiger partial charge on any atom is -0.389 e. The third-order valence-electron chi connectivity index (χ3n) is 5.15. The summed E-state index contributed by atoms with van der Waals surface area (Å²) in [5.41, 5.74) is 6.56. The number of para-hydroxylation sites is 2. The number of fused-ring (bicyclic) bond motifs is 1. The van der Waals surface area contributed by atoms with Gasteiger partial charge in [0, 0.05) is 32.7 Å². The zero-order valence-corrected chi connectivity index (χ0v) is 19.6. The molecule has 1 atom stereocenters. The Morgan fingerprint density at radius 2 is 1.62 bits per heavy atom. The molecule has 0 aliphatic rings. The van der Waals surface area contributed by atoms with Gasteiger partial charge >= 0.3 is 0 Å². The molecular formula is C24H24N3OY-. The second-order valence-electron chi connectivity index (χ2n) is 7.32. The van der Waals surface area contributed by atoms with Gasteiger partial charge in [0.25, 0.3) is 0 Å². The molecule has 1 radical (unpaired) electrons. The Hall–Kier alpha value is -2.01. The molecule has 0 fully saturated rings. The van der Waals surface area contributed by atoms with E-state index < -0.39 is 6.10 Å². The first-order valence-corrected chi connectivity index (χ1v) is 9.47. The van der Waals surface area contributed by atoms with Gasteiger partial charge in [0.1, 0.15) is 0 Å². The summed E-state index contributed by atoms with van der Waals surface area (Å²) in [7, 11) is 0. The van der Waals surface area contributed by atoms with Gasteiger partial charge in [0.05, 0.1) is 30.2 Å². The molecule has 0 saturated carbocycles. The van der Waals surface area contributed by atoms with Crippen LogP contribution >= 0.6 is 0 Å². The molecule has 1 unspecified atom stereocenters. The molecule has 2 N–H and O–H groups in total. The summed E-state index contributed by atoms with van der Waals surface area (Å²) >= 11 is 0. The normalized spacial score (nSPS) is 12.0. The van der Waals surface area contributed by atoms with E-state index in [2.05, 4.69) is 37.3 Å². The number of hydrogen-bond acceptors (Lipinski definition) is 2. The van der Waals surface area contributed by atoms with Crippen LogP contribution in [0.1, 0.15) is 28.4 Å². The number of rotatable bonds is 5. The van der Waals surface area contributed by atoms with Gasteiger partial charge in [-0.15, -0.1) is 5.56 Å². The van der Waals surface area contributed by atoms with Gasteiger partial charge < -0.3 is 14.2 Å². The predicted molar refractivity (Wildman–Crippen MR) is 111 cm³/mol. The molecule has 3 aromatic carbocycles. The summed E-state index contributed by atoms with van der Waals surface area (Å²) in [5.74, 6) is 0. The van der Waals surface area contributed by atoms with Gasteiger partial charge in [-0.25, -0.2) is 0 Å². The van der Waals surface area contributed by atoms with Crippen LogP contribution in [0.5, 0.6) is 0 Å². The van der Waals surface area contributed by atoms with E-state index in [1.54, 1.807) is 0 Å². The summed E-state index contributed by atoms with van der Waals surface area (Å²) < 4.78 is 3.89. The predicted octanol–water partition coefficient (Wildman–Crippen LogP) is 4.12. The number of nitrogens with one attached hydrogen (secondary N) is 1. The number of nitrogens with zero attached hydrogens (tertiary/aromatic N) is 2. The monoisotopic (exact) mass is 459 g/mol. The minimum atomic E-state index is -0.680. The standard InChI is InChI=1S/C24H24N3O.Y/c1-17-10-12-19(13-11-17)15-26-21-8-3-4-9-22(21)27(24(26)25)16-23(28)20-7-5-6-18(2)14-20;/h3-5,7-14,23,25,28H,15-16H2,1-2H3;/q-1;. The van der Waals surface area contributed by atoms with Gasteiger partial charge in [-0.2, -0.15) is 29.8 Å². The Kier molecular flexibility index (Phi) is 6.89. The molecule has 0 aliphatic heterocycles. The van der Waals surface area contributed by atoms with E-state index in [4.69, 9.17) is 5.41 Å². The van der Waals surface area contributed by atoms with Crippen LogP contribution in [-0.2, 0) is 45.8 Å². The molecule has 0 aliphatic carbocycles. The molecule has 0 saturated heterocycles. The Balaban J connectivity index is 0.00000240. The Bertz CT molecular complexity index is 1170. The van der Waals surface area contributed by atoms with Crippen molar-refractivity contribution in [1.82, 2.24) is 9.13 Å². The number of aryl methyl sites for hydroxylation is 2. The fourth-order valence-electron chi connectivity index (χ4n) is 3.61. The van der Waals surface area contributed by atoms with Crippen LogP contribution in [0.15, 0.2) is 66.7 Å². The number of aliphatic hydroxyl groups is 1. The maximum atomic E-state index is 10.8. The topological polar surface area (TPSA) is 53.9 Å². The molecule has 0 bridgehead atoms. The number of aliphatic hydroxyl groups excluding tert-OH is 1. The van der Waals surface area contributed by atoms with Crippen molar-refractivity contribution in [3.05, 3.63) is 101 Å². The van der Waals surface area contributed by atoms with Crippen LogP contribution in [0.3, 0.4) is 0 Å². The molecule has 5 heteroatoms. The minimum absolute atomic E-state index is 0. The van der Waals surface area contributed by atoms with Gasteiger partial charge in [0.2, 0.25) is 5.62 Å². The van der Waals surface area contributed by atoms with Crippen molar-refractivity contribution >= 4 is 11.0 Å². The van der Waals surface area contributed by atoms with Gasteiger partial charge in [-0.3, -0.25) is 5.41 Å². The molecule has 4 aromatic rings. The van der Waals surface area contributed by atoms with Crippen LogP contribution in [0.4, 0.5) is 0 Å². The number of imidazole rings is 1. The zero-order valence-electron chi connectivity index (χ0n) is 16.8. The molecule has 4 nitrogen and oxygen atoms in total. The SMILES string of the molecule is Cc1[c-]ccc(C(O)Cn2c(=N)n(Cc3ccc(C)cc3)c3ccccc32)c1.[Y]. The first-order chi connectivity index (χ1) is 13.5. The summed E-state index contributed by atoms with van der Waals surface area (Å²) in [4.78, 5) is 0. The molecule has 145 valence electrons. The summed E-state index contributed by atoms with van der Waals surface area (Å²) in [6.45, 7) is 5.00. The summed E-state index contributed by atoms with van der Waals surface area (Å²) in [6, 6.07) is 25.2. The second-order valence-corrected chi connectivity index (χ2v) is 7.32. The van der Waals surface area contributed by atoms with Crippen LogP contribution in [0.25, 0.3) is 11.0 Å². The molecule has 4 rings (SSSR count). The fourth-order valence-corrected chi connectivity index (χ4v) is 3.61. The quantitative estimate of drug-likeness (QED) is 0.434. The van der Waals surface area contributed by atoms with Crippen molar-refractivity contribution in [2.45, 2.75) is 33.0 Å². The average molecular weight is 459 g/mol. The van der Waals surface area contributed by atoms with Crippen molar-refractivity contribution in [1.29, 1.82) is 5.41 Å². The van der Waals surface area contributed by atoms with Crippen LogP contribution in [0, 0.1) is 25.3 Å². The maximum absolute atomic E-state index is 10.8. The van der Waals surface area contributed by atoms with Crippen molar-refractivity contribution in [2.24, 2.45) is 0 Å². The number of hydrogen-bond donors (Lipinski definition) is 2. The largest absolute Gasteiger partial charge is 0.389 e. The zero-order chi connectivity index (χ0) is 19.7. The molecule has 0 amide bonds. The first kappa shape index (κ1) is 21.7. The van der Waals surface area contributed by atoms with Crippen LogP contribution in [-0.4, -0.2) is 14.2 Å². The summed E-state index contributed by atoms with van der Waals surface area (Å²) in [5, 5.41) is 19.6. The van der Waals surface area contributed by atoms with Crippen LogP contribution in [0.2, 0.25) is 0 Å². The van der Waals surface area contributed by atoms with Crippen molar-refractivity contribution in [3.8, 4) is 0 Å². The first-order valence-electron chi connectivity index (χ1n) is 9.47. The molecule has 1 aromatic heterocycles. The fraction of sp³-hybridized carbons (Fsp3) is 0.208. The van der Waals surface area contributed by atoms with Gasteiger partial charge in [0.15, 0.2) is 0 Å². The third-order valence-corrected chi connectivity index (χ3v) is 5.15. The number of benzene rings is 3. The van der Waals surface area contributed by atoms with E-state index in [-0.39, 0.29) is 32.7 Å². The van der Waals surface area contributed by atoms with Gasteiger partial charge in [-0.1, -0.05) is 48.9 Å². The van der Waals surface area contributed by atoms with E-state index in [1.807, 2.05) is 58.5 Å². The Morgan fingerprint density at radius 3 is 2.28 bits per heavy atom. The Morgan fingerprint density at radius 1 is 0.966 bits per heavy atom.